The summed E-state index contributed by atoms with van der Waals surface area (Å²) in [7, 11) is -5.20. The Hall–Kier alpha value is -3.42. The van der Waals surface area contributed by atoms with Crippen molar-refractivity contribution in [2.45, 2.75) is 90.7 Å². The standard InChI is InChI=1S/C41H53FNO5PSi/c1-29(2)39-35(36(27-37(43-39)40(3,4)5)30-20-22-31(42)23-21-30)24-25-49(46,47-9)28-32(26-38(44)45)48-50(41(6,7)8,33-16-12-10-13-17-33)34-18-14-11-15-19-34/h10-23,27,29,32H,24-26,28H2,1-9H3,(H,44,45)/t32-,49?/m0/s1. The first-order valence-electron chi connectivity index (χ1n) is 17.3. The zero-order valence-electron chi connectivity index (χ0n) is 31.0. The highest BCUT2D eigenvalue weighted by Crippen LogP contribution is 2.50. The van der Waals surface area contributed by atoms with E-state index in [0.29, 0.717) is 6.42 Å². The van der Waals surface area contributed by atoms with Crippen molar-refractivity contribution in [1.82, 2.24) is 4.98 Å². The minimum Gasteiger partial charge on any atom is -0.481 e. The van der Waals surface area contributed by atoms with Gasteiger partial charge >= 0.3 is 5.97 Å². The van der Waals surface area contributed by atoms with Crippen molar-refractivity contribution in [1.29, 1.82) is 0 Å². The van der Waals surface area contributed by atoms with E-state index in [2.05, 4.69) is 85.7 Å². The van der Waals surface area contributed by atoms with Crippen LogP contribution in [0.15, 0.2) is 91.0 Å². The predicted molar refractivity (Wildman–Crippen MR) is 205 cm³/mol. The van der Waals surface area contributed by atoms with Crippen molar-refractivity contribution >= 4 is 32.0 Å². The summed E-state index contributed by atoms with van der Waals surface area (Å²) in [4.78, 5) is 17.5. The van der Waals surface area contributed by atoms with Gasteiger partial charge in [0.15, 0.2) is 0 Å². The van der Waals surface area contributed by atoms with Gasteiger partial charge in [-0.3, -0.25) is 14.3 Å². The summed E-state index contributed by atoms with van der Waals surface area (Å²) in [5, 5.41) is 11.8. The van der Waals surface area contributed by atoms with E-state index < -0.39 is 32.8 Å². The molecule has 0 aliphatic rings. The third kappa shape index (κ3) is 9.08. The normalized spacial score (nSPS) is 14.4. The van der Waals surface area contributed by atoms with Crippen molar-refractivity contribution in [3.8, 4) is 11.1 Å². The topological polar surface area (TPSA) is 85.7 Å². The van der Waals surface area contributed by atoms with Crippen LogP contribution in [0.2, 0.25) is 5.04 Å². The van der Waals surface area contributed by atoms with Gasteiger partial charge in [-0.25, -0.2) is 4.39 Å². The lowest BCUT2D eigenvalue weighted by Crippen LogP contribution is -2.68. The van der Waals surface area contributed by atoms with Crippen molar-refractivity contribution < 1.29 is 27.8 Å². The molecule has 1 N–H and O–H groups in total. The monoisotopic (exact) mass is 717 g/mol. The average molecular weight is 718 g/mol. The number of hydrogen-bond donors (Lipinski definition) is 1. The predicted octanol–water partition coefficient (Wildman–Crippen LogP) is 9.20. The largest absolute Gasteiger partial charge is 0.481 e. The molecule has 50 heavy (non-hydrogen) atoms. The van der Waals surface area contributed by atoms with Crippen molar-refractivity contribution in [2.24, 2.45) is 0 Å². The molecule has 4 aromatic rings. The van der Waals surface area contributed by atoms with Crippen LogP contribution in [0.25, 0.3) is 11.1 Å². The molecule has 268 valence electrons. The van der Waals surface area contributed by atoms with E-state index in [1.807, 2.05) is 36.4 Å². The number of hydrogen-bond acceptors (Lipinski definition) is 5. The van der Waals surface area contributed by atoms with E-state index in [9.17, 15) is 18.9 Å². The van der Waals surface area contributed by atoms with Crippen LogP contribution in [0.3, 0.4) is 0 Å². The van der Waals surface area contributed by atoms with Gasteiger partial charge < -0.3 is 14.1 Å². The highest BCUT2D eigenvalue weighted by Gasteiger charge is 2.52. The number of benzene rings is 3. The summed E-state index contributed by atoms with van der Waals surface area (Å²) < 4.78 is 41.9. The number of aliphatic carboxylic acids is 1. The Morgan fingerprint density at radius 1 is 0.900 bits per heavy atom. The number of pyridine rings is 1. The molecule has 0 bridgehead atoms. The molecule has 0 saturated heterocycles. The van der Waals surface area contributed by atoms with E-state index in [4.69, 9.17) is 13.9 Å². The van der Waals surface area contributed by atoms with Gasteiger partial charge in [-0.15, -0.1) is 0 Å². The fourth-order valence-electron chi connectivity index (χ4n) is 6.73. The third-order valence-corrected chi connectivity index (χ3v) is 16.9. The number of carbonyl (C=O) groups is 1. The Labute approximate surface area is 299 Å². The molecule has 1 aromatic heterocycles. The second-order valence-electron chi connectivity index (χ2n) is 15.5. The molecule has 0 amide bonds. The molecular formula is C41H53FNO5PSi. The summed E-state index contributed by atoms with van der Waals surface area (Å²) in [6.45, 7) is 16.9. The molecule has 1 heterocycles. The number of aromatic nitrogens is 1. The minimum absolute atomic E-state index is 0.0588. The minimum atomic E-state index is -3.47. The molecule has 9 heteroatoms. The first-order chi connectivity index (χ1) is 23.4. The van der Waals surface area contributed by atoms with Crippen LogP contribution in [0.4, 0.5) is 4.39 Å². The molecule has 0 fully saturated rings. The van der Waals surface area contributed by atoms with Crippen LogP contribution in [0.5, 0.6) is 0 Å². The van der Waals surface area contributed by atoms with Crippen LogP contribution in [-0.2, 0) is 30.1 Å². The van der Waals surface area contributed by atoms with Gasteiger partial charge in [0.2, 0.25) is 7.37 Å². The lowest BCUT2D eigenvalue weighted by atomic mass is 9.86. The Morgan fingerprint density at radius 2 is 1.44 bits per heavy atom. The van der Waals surface area contributed by atoms with Gasteiger partial charge in [-0.05, 0) is 62.6 Å². The SMILES string of the molecule is COP(=O)(CCc1c(-c2ccc(F)cc2)cc(C(C)(C)C)nc1C(C)C)C[C@H](CC(=O)O)O[Si](c1ccccc1)(c1ccccc1)C(C)(C)C. The highest BCUT2D eigenvalue weighted by atomic mass is 31.2. The molecule has 0 aliphatic carbocycles. The van der Waals surface area contributed by atoms with Gasteiger partial charge in [0.25, 0.3) is 8.32 Å². The smallest absolute Gasteiger partial charge is 0.305 e. The molecule has 3 aromatic carbocycles. The zero-order chi connectivity index (χ0) is 36.9. The molecule has 0 spiro atoms. The van der Waals surface area contributed by atoms with Crippen LogP contribution >= 0.6 is 7.37 Å². The third-order valence-electron chi connectivity index (χ3n) is 9.31. The Morgan fingerprint density at radius 3 is 1.88 bits per heavy atom. The second-order valence-corrected chi connectivity index (χ2v) is 22.5. The van der Waals surface area contributed by atoms with E-state index in [1.54, 1.807) is 12.1 Å². The van der Waals surface area contributed by atoms with E-state index in [1.165, 1.54) is 19.2 Å². The van der Waals surface area contributed by atoms with Crippen LogP contribution in [-0.4, -0.2) is 49.9 Å². The first kappa shape index (κ1) is 39.4. The second kappa shape index (κ2) is 15.9. The lowest BCUT2D eigenvalue weighted by molar-refractivity contribution is -0.138. The maximum absolute atomic E-state index is 14.8. The van der Waals surface area contributed by atoms with Crippen LogP contribution in [0, 0.1) is 5.82 Å². The summed E-state index contributed by atoms with van der Waals surface area (Å²) in [5.41, 5.74) is 4.27. The van der Waals surface area contributed by atoms with Gasteiger partial charge in [0.1, 0.15) is 5.82 Å². The van der Waals surface area contributed by atoms with Crippen LogP contribution < -0.4 is 10.4 Å². The van der Waals surface area contributed by atoms with Gasteiger partial charge in [-0.2, -0.15) is 0 Å². The molecule has 6 nitrogen and oxygen atoms in total. The van der Waals surface area contributed by atoms with E-state index in [0.717, 1.165) is 38.5 Å². The van der Waals surface area contributed by atoms with E-state index >= 15 is 0 Å². The zero-order valence-corrected chi connectivity index (χ0v) is 32.9. The number of nitrogens with zero attached hydrogens (tertiary/aromatic N) is 1. The summed E-state index contributed by atoms with van der Waals surface area (Å²) in [6.07, 6.45) is -0.725. The number of halogens is 1. The molecule has 4 rings (SSSR count). The fraction of sp³-hybridized carbons (Fsp3) is 0.415. The summed E-state index contributed by atoms with van der Waals surface area (Å²) in [5.74, 6) is -1.29. The molecule has 0 saturated carbocycles. The fourth-order valence-corrected chi connectivity index (χ4v) is 13.5. The Kier molecular flexibility index (Phi) is 12.5. The quantitative estimate of drug-likeness (QED) is 0.103. The summed E-state index contributed by atoms with van der Waals surface area (Å²) >= 11 is 0. The molecule has 2 atom stereocenters. The van der Waals surface area contributed by atoms with Crippen molar-refractivity contribution in [3.05, 3.63) is 114 Å². The molecule has 0 aliphatic heterocycles. The number of carboxylic acids is 1. The Balaban J connectivity index is 1.79. The summed E-state index contributed by atoms with van der Waals surface area (Å²) in [6, 6.07) is 28.5. The molecular weight excluding hydrogens is 665 g/mol. The number of rotatable bonds is 14. The Bertz CT molecular complexity index is 1740. The number of carboxylic acid groups (broad SMARTS) is 1. The van der Waals surface area contributed by atoms with Gasteiger partial charge in [0.05, 0.1) is 18.7 Å². The average Bonchev–Trinajstić information content (AvgIpc) is 3.05. The van der Waals surface area contributed by atoms with Crippen molar-refractivity contribution in [3.63, 3.8) is 0 Å². The van der Waals surface area contributed by atoms with Crippen LogP contribution in [0.1, 0.15) is 84.7 Å². The molecule has 0 radical (unpaired) electrons. The van der Waals surface area contributed by atoms with E-state index in [-0.39, 0.29) is 35.9 Å². The maximum Gasteiger partial charge on any atom is 0.305 e. The van der Waals surface area contributed by atoms with Gasteiger partial charge in [-0.1, -0.05) is 128 Å². The maximum atomic E-state index is 14.8. The van der Waals surface area contributed by atoms with Gasteiger partial charge in [0, 0.05) is 30.1 Å². The lowest BCUT2D eigenvalue weighted by Gasteiger charge is -2.45. The first-order valence-corrected chi connectivity index (χ1v) is 21.3. The van der Waals surface area contributed by atoms with Crippen molar-refractivity contribution in [2.75, 3.05) is 19.4 Å². The highest BCUT2D eigenvalue weighted by molar-refractivity contribution is 7.59. The molecule has 1 unspecified atom stereocenters.